The molecule has 1 amide bonds. The first-order valence-corrected chi connectivity index (χ1v) is 9.77. The number of carbonyl (C=O) groups is 1. The Bertz CT molecular complexity index is 955. The molecule has 0 saturated carbocycles. The van der Waals surface area contributed by atoms with Gasteiger partial charge in [0.1, 0.15) is 18.1 Å². The number of alkyl halides is 2. The lowest BCUT2D eigenvalue weighted by Gasteiger charge is -2.11. The summed E-state index contributed by atoms with van der Waals surface area (Å²) in [6, 6.07) is 13.6. The lowest BCUT2D eigenvalue weighted by Crippen LogP contribution is -2.15. The van der Waals surface area contributed by atoms with Crippen molar-refractivity contribution < 1.29 is 22.8 Å². The summed E-state index contributed by atoms with van der Waals surface area (Å²) in [7, 11) is 0. The molecule has 1 heterocycles. The summed E-state index contributed by atoms with van der Waals surface area (Å²) in [5.74, 6) is -1.45. The summed E-state index contributed by atoms with van der Waals surface area (Å²) in [6.45, 7) is 4.03. The Morgan fingerprint density at radius 3 is 2.55 bits per heavy atom. The number of anilines is 1. The van der Waals surface area contributed by atoms with E-state index in [0.29, 0.717) is 34.7 Å². The highest BCUT2D eigenvalue weighted by Crippen LogP contribution is 2.31. The SMILES string of the molecule is Cc1noc(C)c1COc1ccc(CC(=O)Nc2ccccc2SC(F)F)cc1. The van der Waals surface area contributed by atoms with Crippen LogP contribution in [0.5, 0.6) is 5.75 Å². The van der Waals surface area contributed by atoms with E-state index in [-0.39, 0.29) is 12.3 Å². The fourth-order valence-electron chi connectivity index (χ4n) is 2.72. The maximum atomic E-state index is 12.6. The third kappa shape index (κ3) is 5.80. The van der Waals surface area contributed by atoms with E-state index in [9.17, 15) is 13.6 Å². The summed E-state index contributed by atoms with van der Waals surface area (Å²) in [5, 5.41) is 6.58. The molecule has 0 saturated heterocycles. The number of benzene rings is 2. The number of ether oxygens (including phenoxy) is 1. The van der Waals surface area contributed by atoms with Gasteiger partial charge in [-0.05, 0) is 43.7 Å². The maximum absolute atomic E-state index is 12.6. The molecule has 1 N–H and O–H groups in total. The number of nitrogens with zero attached hydrogens (tertiary/aromatic N) is 1. The molecule has 3 rings (SSSR count). The van der Waals surface area contributed by atoms with Crippen LogP contribution in [-0.2, 0) is 17.8 Å². The minimum Gasteiger partial charge on any atom is -0.489 e. The number of aryl methyl sites for hydroxylation is 2. The van der Waals surface area contributed by atoms with Crippen LogP contribution in [0.25, 0.3) is 0 Å². The van der Waals surface area contributed by atoms with Crippen LogP contribution >= 0.6 is 11.8 Å². The molecule has 0 aliphatic carbocycles. The van der Waals surface area contributed by atoms with Gasteiger partial charge in [-0.1, -0.05) is 41.2 Å². The average molecular weight is 418 g/mol. The van der Waals surface area contributed by atoms with Gasteiger partial charge in [0.15, 0.2) is 0 Å². The van der Waals surface area contributed by atoms with Crippen molar-refractivity contribution in [3.8, 4) is 5.75 Å². The Balaban J connectivity index is 1.56. The number of rotatable bonds is 8. The van der Waals surface area contributed by atoms with Crippen molar-refractivity contribution in [2.45, 2.75) is 37.5 Å². The average Bonchev–Trinajstić information content (AvgIpc) is 3.00. The van der Waals surface area contributed by atoms with Crippen LogP contribution in [0.4, 0.5) is 14.5 Å². The fourth-order valence-corrected chi connectivity index (χ4v) is 3.31. The van der Waals surface area contributed by atoms with Crippen molar-refractivity contribution in [3.63, 3.8) is 0 Å². The number of hydrogen-bond acceptors (Lipinski definition) is 5. The Kier molecular flexibility index (Phi) is 6.87. The predicted octanol–water partition coefficient (Wildman–Crippen LogP) is 5.37. The quantitative estimate of drug-likeness (QED) is 0.499. The second-order valence-electron chi connectivity index (χ2n) is 6.33. The first kappa shape index (κ1) is 20.9. The third-order valence-corrected chi connectivity index (χ3v) is 5.02. The van der Waals surface area contributed by atoms with E-state index in [1.807, 2.05) is 13.8 Å². The Morgan fingerprint density at radius 1 is 1.17 bits per heavy atom. The first-order valence-electron chi connectivity index (χ1n) is 8.89. The van der Waals surface area contributed by atoms with Crippen LogP contribution in [-0.4, -0.2) is 16.8 Å². The lowest BCUT2D eigenvalue weighted by atomic mass is 10.1. The molecule has 0 unspecified atom stereocenters. The number of nitrogens with one attached hydrogen (secondary N) is 1. The van der Waals surface area contributed by atoms with E-state index in [0.717, 1.165) is 22.6 Å². The van der Waals surface area contributed by atoms with Crippen molar-refractivity contribution in [1.29, 1.82) is 0 Å². The summed E-state index contributed by atoms with van der Waals surface area (Å²) in [5.41, 5.74) is 2.86. The van der Waals surface area contributed by atoms with Crippen molar-refractivity contribution in [2.24, 2.45) is 0 Å². The van der Waals surface area contributed by atoms with Gasteiger partial charge in [0.2, 0.25) is 5.91 Å². The van der Waals surface area contributed by atoms with Gasteiger partial charge in [0, 0.05) is 4.90 Å². The van der Waals surface area contributed by atoms with Crippen LogP contribution in [0.15, 0.2) is 57.9 Å². The molecule has 1 aromatic heterocycles. The van der Waals surface area contributed by atoms with Crippen molar-refractivity contribution >= 4 is 23.4 Å². The second kappa shape index (κ2) is 9.56. The summed E-state index contributed by atoms with van der Waals surface area (Å²) in [4.78, 5) is 12.6. The summed E-state index contributed by atoms with van der Waals surface area (Å²) >= 11 is 0.406. The largest absolute Gasteiger partial charge is 0.489 e. The highest BCUT2D eigenvalue weighted by atomic mass is 32.2. The van der Waals surface area contributed by atoms with Gasteiger partial charge in [-0.25, -0.2) is 0 Å². The van der Waals surface area contributed by atoms with Crippen LogP contribution in [0.3, 0.4) is 0 Å². The normalized spacial score (nSPS) is 10.9. The molecule has 0 bridgehead atoms. The lowest BCUT2D eigenvalue weighted by molar-refractivity contribution is -0.115. The van der Waals surface area contributed by atoms with Crippen molar-refractivity contribution in [3.05, 3.63) is 71.1 Å². The van der Waals surface area contributed by atoms with Gasteiger partial charge in [-0.15, -0.1) is 0 Å². The number of carbonyl (C=O) groups excluding carboxylic acids is 1. The zero-order valence-electron chi connectivity index (χ0n) is 15.9. The van der Waals surface area contributed by atoms with E-state index < -0.39 is 5.76 Å². The first-order chi connectivity index (χ1) is 13.9. The smallest absolute Gasteiger partial charge is 0.288 e. The van der Waals surface area contributed by atoms with Gasteiger partial charge in [-0.3, -0.25) is 4.79 Å². The second-order valence-corrected chi connectivity index (χ2v) is 7.37. The van der Waals surface area contributed by atoms with Gasteiger partial charge in [0.05, 0.1) is 23.4 Å². The van der Waals surface area contributed by atoms with Gasteiger partial charge in [-0.2, -0.15) is 8.78 Å². The maximum Gasteiger partial charge on any atom is 0.288 e. The molecule has 29 heavy (non-hydrogen) atoms. The molecule has 8 heteroatoms. The minimum atomic E-state index is -2.55. The zero-order chi connectivity index (χ0) is 20.8. The van der Waals surface area contributed by atoms with Gasteiger partial charge >= 0.3 is 0 Å². The molecule has 0 spiro atoms. The highest BCUT2D eigenvalue weighted by Gasteiger charge is 2.13. The van der Waals surface area contributed by atoms with E-state index >= 15 is 0 Å². The van der Waals surface area contributed by atoms with Gasteiger partial charge < -0.3 is 14.6 Å². The number of aromatic nitrogens is 1. The van der Waals surface area contributed by atoms with Crippen LogP contribution in [0.2, 0.25) is 0 Å². The van der Waals surface area contributed by atoms with Crippen LogP contribution in [0.1, 0.15) is 22.6 Å². The third-order valence-electron chi connectivity index (χ3n) is 4.23. The Labute approximate surface area is 171 Å². The standard InChI is InChI=1S/C21H20F2N2O3S/c1-13-17(14(2)28-25-13)12-27-16-9-7-15(8-10-16)11-20(26)24-18-5-3-4-6-19(18)29-21(22)23/h3-10,21H,11-12H2,1-2H3,(H,24,26). The molecular weight excluding hydrogens is 398 g/mol. The molecular formula is C21H20F2N2O3S. The summed E-state index contributed by atoms with van der Waals surface area (Å²) in [6.07, 6.45) is 0.123. The van der Waals surface area contributed by atoms with Crippen molar-refractivity contribution in [2.75, 3.05) is 5.32 Å². The number of amides is 1. The zero-order valence-corrected chi connectivity index (χ0v) is 16.8. The number of thioether (sulfide) groups is 1. The molecule has 2 aromatic carbocycles. The molecule has 0 aliphatic rings. The Morgan fingerprint density at radius 2 is 1.90 bits per heavy atom. The van der Waals surface area contributed by atoms with E-state index in [2.05, 4.69) is 10.5 Å². The molecule has 152 valence electrons. The Hall–Kier alpha value is -2.87. The van der Waals surface area contributed by atoms with E-state index in [1.54, 1.807) is 48.5 Å². The topological polar surface area (TPSA) is 64.4 Å². The highest BCUT2D eigenvalue weighted by molar-refractivity contribution is 7.99. The number of para-hydroxylation sites is 1. The van der Waals surface area contributed by atoms with E-state index in [1.165, 1.54) is 0 Å². The van der Waals surface area contributed by atoms with Crippen LogP contribution in [0, 0.1) is 13.8 Å². The predicted molar refractivity (Wildman–Crippen MR) is 107 cm³/mol. The van der Waals surface area contributed by atoms with E-state index in [4.69, 9.17) is 9.26 Å². The monoisotopic (exact) mass is 418 g/mol. The fraction of sp³-hybridized carbons (Fsp3) is 0.238. The van der Waals surface area contributed by atoms with Crippen LogP contribution < -0.4 is 10.1 Å². The minimum absolute atomic E-state index is 0.123. The molecule has 3 aromatic rings. The number of hydrogen-bond donors (Lipinski definition) is 1. The molecule has 0 fully saturated rings. The molecule has 0 radical (unpaired) electrons. The molecule has 0 aliphatic heterocycles. The molecule has 5 nitrogen and oxygen atoms in total. The van der Waals surface area contributed by atoms with Gasteiger partial charge in [0.25, 0.3) is 5.76 Å². The number of halogens is 2. The van der Waals surface area contributed by atoms with Crippen molar-refractivity contribution in [1.82, 2.24) is 5.16 Å². The molecule has 0 atom stereocenters. The summed E-state index contributed by atoms with van der Waals surface area (Å²) < 4.78 is 36.2.